The highest BCUT2D eigenvalue weighted by Crippen LogP contribution is 2.66. The molecule has 0 saturated carbocycles. The van der Waals surface area contributed by atoms with Gasteiger partial charge in [-0.3, -0.25) is 14.5 Å². The van der Waals surface area contributed by atoms with Crippen LogP contribution in [0, 0.1) is 5.41 Å². The Morgan fingerprint density at radius 1 is 1.21 bits per heavy atom. The van der Waals surface area contributed by atoms with Gasteiger partial charge in [0.2, 0.25) is 0 Å². The highest BCUT2D eigenvalue weighted by atomic mass is 31.3. The maximum atomic E-state index is 12.0. The van der Waals surface area contributed by atoms with Crippen LogP contribution < -0.4 is 10.2 Å². The number of hydrogen-bond donors (Lipinski definition) is 7. The van der Waals surface area contributed by atoms with E-state index in [1.807, 2.05) is 0 Å². The number of nitrogens with one attached hydrogen (secondary N) is 1. The van der Waals surface area contributed by atoms with E-state index < -0.39 is 65.2 Å². The lowest BCUT2D eigenvalue weighted by molar-refractivity contribution is -0.00700. The maximum absolute atomic E-state index is 12.0. The van der Waals surface area contributed by atoms with Gasteiger partial charge in [-0.25, -0.2) is 13.4 Å². The molecule has 2 unspecified atom stereocenters. The van der Waals surface area contributed by atoms with Crippen molar-refractivity contribution in [1.29, 1.82) is 5.41 Å². The fraction of sp³-hybridized carbons (Fsp3) is 0.556. The van der Waals surface area contributed by atoms with E-state index in [0.29, 0.717) is 0 Å². The van der Waals surface area contributed by atoms with Gasteiger partial charge in [0, 0.05) is 0 Å². The highest BCUT2D eigenvalue weighted by Gasteiger charge is 2.54. The first kappa shape index (κ1) is 21.6. The fourth-order valence-electron chi connectivity index (χ4n) is 2.64. The Hall–Kier alpha value is -1.15. The molecule has 0 bridgehead atoms. The van der Waals surface area contributed by atoms with Crippen molar-refractivity contribution in [2.45, 2.75) is 24.5 Å². The minimum absolute atomic E-state index is 0.159. The van der Waals surface area contributed by atoms with Gasteiger partial charge in [0.1, 0.15) is 12.2 Å². The molecule has 1 saturated heterocycles. The smallest absolute Gasteiger partial charge is 0.488 e. The van der Waals surface area contributed by atoms with Crippen LogP contribution in [0.5, 0.6) is 11.8 Å². The van der Waals surface area contributed by atoms with Crippen LogP contribution in [0.4, 0.5) is 0 Å². The Morgan fingerprint density at radius 3 is 2.46 bits per heavy atom. The maximum Gasteiger partial charge on any atom is 0.488 e. The van der Waals surface area contributed by atoms with Crippen molar-refractivity contribution < 1.29 is 61.6 Å². The molecule has 3 rings (SSSR count). The third kappa shape index (κ3) is 4.53. The Bertz CT molecular complexity index is 989. The van der Waals surface area contributed by atoms with E-state index in [0.717, 1.165) is 10.8 Å². The molecule has 158 valence electrons. The van der Waals surface area contributed by atoms with Crippen LogP contribution in [0.1, 0.15) is 6.23 Å². The molecule has 0 aromatic carbocycles. The van der Waals surface area contributed by atoms with Gasteiger partial charge in [0.25, 0.3) is 0 Å². The molecule has 1 aromatic rings. The van der Waals surface area contributed by atoms with Gasteiger partial charge in [-0.15, -0.1) is 0 Å². The molecule has 0 aliphatic carbocycles. The summed E-state index contributed by atoms with van der Waals surface area (Å²) >= 11 is 0. The standard InChI is InChI=1S/C9H14N3O13P3/c10-7-3(13)1-12-8-6(23-9(12)11-7)5(14)4(22-8)2-26(15,16)24-28(20,21)25-27(17,18)19/h1,4-6,8,10,13-14H,2H2,(H,15,16)(H,20,21)(H2,17,18,19)/t4-,5-,6-,8-/m0/s1. The summed E-state index contributed by atoms with van der Waals surface area (Å²) in [5.74, 6) is -0.526. The first-order valence-corrected chi connectivity index (χ1v) is 12.0. The molecule has 19 heteroatoms. The largest absolute Gasteiger partial charge is 0.503 e. The van der Waals surface area contributed by atoms with Crippen molar-refractivity contribution in [3.63, 3.8) is 0 Å². The van der Waals surface area contributed by atoms with Gasteiger partial charge in [-0.1, -0.05) is 0 Å². The van der Waals surface area contributed by atoms with Gasteiger partial charge >= 0.3 is 29.3 Å². The molecule has 2 aliphatic heterocycles. The minimum Gasteiger partial charge on any atom is -0.503 e. The number of aromatic hydroxyl groups is 1. The van der Waals surface area contributed by atoms with E-state index in [1.54, 1.807) is 0 Å². The number of hydrogen-bond acceptors (Lipinski definition) is 11. The summed E-state index contributed by atoms with van der Waals surface area (Å²) in [6.07, 6.45) is -5.32. The van der Waals surface area contributed by atoms with Gasteiger partial charge < -0.3 is 39.3 Å². The normalized spacial score (nSPS) is 30.8. The second-order valence-electron chi connectivity index (χ2n) is 5.75. The number of rotatable bonds is 6. The fourth-order valence-corrected chi connectivity index (χ4v) is 6.42. The van der Waals surface area contributed by atoms with Gasteiger partial charge in [0.15, 0.2) is 23.6 Å². The summed E-state index contributed by atoms with van der Waals surface area (Å²) in [7, 11) is -16.2. The molecule has 16 nitrogen and oxygen atoms in total. The van der Waals surface area contributed by atoms with Crippen molar-refractivity contribution in [1.82, 2.24) is 9.55 Å². The Morgan fingerprint density at radius 2 is 1.86 bits per heavy atom. The van der Waals surface area contributed by atoms with Crippen molar-refractivity contribution >= 4 is 23.2 Å². The van der Waals surface area contributed by atoms with E-state index in [1.165, 1.54) is 0 Å². The monoisotopic (exact) mass is 465 g/mol. The lowest BCUT2D eigenvalue weighted by atomic mass is 10.1. The van der Waals surface area contributed by atoms with Crippen LogP contribution in [0.2, 0.25) is 0 Å². The zero-order chi connectivity index (χ0) is 21.1. The lowest BCUT2D eigenvalue weighted by Gasteiger charge is -2.21. The second-order valence-corrected chi connectivity index (χ2v) is 10.6. The average molecular weight is 465 g/mol. The third-order valence-corrected chi connectivity index (χ3v) is 7.96. The summed E-state index contributed by atoms with van der Waals surface area (Å²) in [5.41, 5.74) is -0.491. The summed E-state index contributed by atoms with van der Waals surface area (Å²) in [6, 6.07) is -0.159. The number of fused-ring (bicyclic) bond motifs is 3. The quantitative estimate of drug-likeness (QED) is 0.236. The zero-order valence-electron chi connectivity index (χ0n) is 13.4. The van der Waals surface area contributed by atoms with Crippen LogP contribution in [0.15, 0.2) is 6.20 Å². The van der Waals surface area contributed by atoms with E-state index in [2.05, 4.69) is 13.6 Å². The first-order valence-electron chi connectivity index (χ1n) is 7.17. The van der Waals surface area contributed by atoms with Crippen molar-refractivity contribution in [2.24, 2.45) is 0 Å². The predicted octanol–water partition coefficient (Wildman–Crippen LogP) is -1.50. The van der Waals surface area contributed by atoms with Crippen LogP contribution >= 0.6 is 23.2 Å². The summed E-state index contributed by atoms with van der Waals surface area (Å²) in [6.45, 7) is 0. The average Bonchev–Trinajstić information content (AvgIpc) is 2.93. The van der Waals surface area contributed by atoms with Crippen LogP contribution in [-0.4, -0.2) is 63.8 Å². The number of nitrogens with zero attached hydrogens (tertiary/aromatic N) is 2. The van der Waals surface area contributed by atoms with Gasteiger partial charge in [0.05, 0.1) is 12.4 Å². The molecule has 28 heavy (non-hydrogen) atoms. The zero-order valence-corrected chi connectivity index (χ0v) is 16.1. The van der Waals surface area contributed by atoms with Crippen LogP contribution in [-0.2, 0) is 27.1 Å². The van der Waals surface area contributed by atoms with Gasteiger partial charge in [-0.2, -0.15) is 9.29 Å². The van der Waals surface area contributed by atoms with Crippen molar-refractivity contribution in [3.05, 3.63) is 11.7 Å². The molecule has 2 aliphatic rings. The van der Waals surface area contributed by atoms with Gasteiger partial charge in [-0.05, 0) is 0 Å². The van der Waals surface area contributed by atoms with E-state index in [4.69, 9.17) is 24.7 Å². The van der Waals surface area contributed by atoms with E-state index in [9.17, 15) is 33.7 Å². The molecule has 0 radical (unpaired) electrons. The summed E-state index contributed by atoms with van der Waals surface area (Å²) < 4.78 is 53.2. The molecule has 1 fully saturated rings. The molecule has 7 N–H and O–H groups in total. The molecular formula is C9H14N3O13P3. The number of aliphatic hydroxyl groups excluding tert-OH is 1. The molecule has 0 amide bonds. The Kier molecular flexibility index (Phi) is 5.37. The number of aliphatic hydroxyl groups is 1. The SMILES string of the molecule is N=c1nc2n(cc1O)[C@H]1O[C@@H](CP(=O)(O)OP(=O)(O)OP(=O)(O)O)[C@H](O)[C@@H]1O2. The minimum atomic E-state index is -5.61. The Labute approximate surface area is 154 Å². The third-order valence-electron chi connectivity index (χ3n) is 3.61. The first-order chi connectivity index (χ1) is 12.7. The summed E-state index contributed by atoms with van der Waals surface area (Å²) in [4.78, 5) is 39.5. The lowest BCUT2D eigenvalue weighted by Crippen LogP contribution is -2.35. The predicted molar refractivity (Wildman–Crippen MR) is 82.8 cm³/mol. The Balaban J connectivity index is 1.73. The van der Waals surface area contributed by atoms with E-state index in [-0.39, 0.29) is 6.01 Å². The second kappa shape index (κ2) is 6.97. The molecular weight excluding hydrogens is 451 g/mol. The van der Waals surface area contributed by atoms with Crippen LogP contribution in [0.3, 0.4) is 0 Å². The molecule has 0 spiro atoms. The van der Waals surface area contributed by atoms with Crippen molar-refractivity contribution in [3.8, 4) is 11.8 Å². The van der Waals surface area contributed by atoms with Crippen LogP contribution in [0.25, 0.3) is 0 Å². The summed E-state index contributed by atoms with van der Waals surface area (Å²) in [5, 5.41) is 27.2. The van der Waals surface area contributed by atoms with Crippen molar-refractivity contribution in [2.75, 3.05) is 6.16 Å². The number of phosphoric acid groups is 2. The van der Waals surface area contributed by atoms with E-state index >= 15 is 0 Å². The molecule has 6 atom stereocenters. The highest BCUT2D eigenvalue weighted by molar-refractivity contribution is 7.68. The topological polar surface area (TPSA) is 251 Å². The molecule has 3 heterocycles. The number of aromatic nitrogens is 2. The number of ether oxygens (including phenoxy) is 2. The molecule has 1 aromatic heterocycles.